The zero-order chi connectivity index (χ0) is 10.8. The van der Waals surface area contributed by atoms with Crippen LogP contribution in [-0.2, 0) is 11.4 Å². The molecule has 0 N–H and O–H groups in total. The second-order valence-electron chi connectivity index (χ2n) is 3.60. The van der Waals surface area contributed by atoms with Gasteiger partial charge in [0, 0.05) is 5.38 Å². The molecule has 0 aliphatic heterocycles. The second-order valence-corrected chi connectivity index (χ2v) is 7.24. The van der Waals surface area contributed by atoms with E-state index in [1.165, 1.54) is 11.3 Å². The van der Waals surface area contributed by atoms with Crippen molar-refractivity contribution in [3.8, 4) is 0 Å². The monoisotopic (exact) mass is 294 g/mol. The van der Waals surface area contributed by atoms with Crippen molar-refractivity contribution in [1.29, 1.82) is 0 Å². The van der Waals surface area contributed by atoms with Crippen molar-refractivity contribution in [1.82, 2.24) is 4.98 Å². The van der Waals surface area contributed by atoms with E-state index in [4.69, 9.17) is 0 Å². The van der Waals surface area contributed by atoms with Crippen LogP contribution in [0.15, 0.2) is 14.4 Å². The third-order valence-electron chi connectivity index (χ3n) is 1.28. The normalized spacial score (nSPS) is 14.9. The Hall–Kier alpha value is 0.0900. The molecule has 0 amide bonds. The molecule has 78 valence electrons. The van der Waals surface area contributed by atoms with Crippen molar-refractivity contribution in [3.05, 3.63) is 15.0 Å². The third-order valence-corrected chi connectivity index (χ3v) is 4.11. The average Bonchev–Trinajstić information content (AvgIpc) is 2.45. The molecule has 1 aromatic heterocycles. The largest absolute Gasteiger partial charge is 0.591 e. The van der Waals surface area contributed by atoms with Gasteiger partial charge in [-0.25, -0.2) is 4.98 Å². The molecule has 1 rings (SSSR count). The van der Waals surface area contributed by atoms with Crippen LogP contribution in [0.5, 0.6) is 0 Å². The summed E-state index contributed by atoms with van der Waals surface area (Å²) < 4.78 is 15.9. The Kier molecular flexibility index (Phi) is 4.12. The molecular formula is C8H11BrN2OS2. The van der Waals surface area contributed by atoms with E-state index in [-0.39, 0.29) is 4.75 Å². The van der Waals surface area contributed by atoms with Crippen LogP contribution in [0.3, 0.4) is 0 Å². The van der Waals surface area contributed by atoms with Gasteiger partial charge >= 0.3 is 0 Å². The maximum atomic E-state index is 11.5. The highest BCUT2D eigenvalue weighted by Crippen LogP contribution is 2.18. The van der Waals surface area contributed by atoms with Gasteiger partial charge in [-0.15, -0.1) is 11.3 Å². The zero-order valence-corrected chi connectivity index (χ0v) is 11.4. The summed E-state index contributed by atoms with van der Waals surface area (Å²) in [5, 5.41) is 2.62. The Balaban J connectivity index is 2.65. The molecule has 0 saturated heterocycles. The topological polar surface area (TPSA) is 48.3 Å². The van der Waals surface area contributed by atoms with Gasteiger partial charge in [-0.1, -0.05) is 4.40 Å². The van der Waals surface area contributed by atoms with E-state index in [2.05, 4.69) is 25.3 Å². The summed E-state index contributed by atoms with van der Waals surface area (Å²) in [6.07, 6.45) is 1.55. The van der Waals surface area contributed by atoms with E-state index in [9.17, 15) is 4.55 Å². The summed E-state index contributed by atoms with van der Waals surface area (Å²) in [6.45, 7) is 5.66. The van der Waals surface area contributed by atoms with Crippen molar-refractivity contribution in [2.24, 2.45) is 4.40 Å². The summed E-state index contributed by atoms with van der Waals surface area (Å²) in [5.74, 6) is 0. The summed E-state index contributed by atoms with van der Waals surface area (Å²) >= 11 is 3.49. The molecule has 0 aromatic carbocycles. The van der Waals surface area contributed by atoms with Crippen molar-refractivity contribution in [2.45, 2.75) is 25.5 Å². The molecule has 0 bridgehead atoms. The molecule has 1 heterocycles. The summed E-state index contributed by atoms with van der Waals surface area (Å²) in [4.78, 5) is 4.12. The van der Waals surface area contributed by atoms with Gasteiger partial charge in [0.1, 0.15) is 31.9 Å². The fraction of sp³-hybridized carbons (Fsp3) is 0.500. The van der Waals surface area contributed by atoms with E-state index in [1.807, 2.05) is 26.2 Å². The molecule has 6 heteroatoms. The van der Waals surface area contributed by atoms with E-state index >= 15 is 0 Å². The van der Waals surface area contributed by atoms with Crippen LogP contribution >= 0.6 is 27.3 Å². The SMILES string of the molecule is CC(C)(C)[S@+]([O-])N=Cc1nc(Br)cs1. The first kappa shape index (κ1) is 12.2. The minimum absolute atomic E-state index is 0.314. The highest BCUT2D eigenvalue weighted by molar-refractivity contribution is 9.10. The molecule has 0 spiro atoms. The second kappa shape index (κ2) is 4.74. The predicted octanol–water partition coefficient (Wildman–Crippen LogP) is 2.79. The number of aromatic nitrogens is 1. The summed E-state index contributed by atoms with van der Waals surface area (Å²) in [7, 11) is 0. The van der Waals surface area contributed by atoms with Gasteiger partial charge in [-0.3, -0.25) is 0 Å². The van der Waals surface area contributed by atoms with Gasteiger partial charge in [0.15, 0.2) is 0 Å². The van der Waals surface area contributed by atoms with Crippen LogP contribution < -0.4 is 0 Å². The molecular weight excluding hydrogens is 284 g/mol. The van der Waals surface area contributed by atoms with Crippen molar-refractivity contribution >= 4 is 44.8 Å². The molecule has 0 radical (unpaired) electrons. The third kappa shape index (κ3) is 3.68. The zero-order valence-electron chi connectivity index (χ0n) is 8.15. The minimum atomic E-state index is -1.21. The molecule has 14 heavy (non-hydrogen) atoms. The van der Waals surface area contributed by atoms with E-state index in [1.54, 1.807) is 6.21 Å². The Morgan fingerprint density at radius 3 is 2.71 bits per heavy atom. The lowest BCUT2D eigenvalue weighted by atomic mass is 10.3. The van der Waals surface area contributed by atoms with Gasteiger partial charge in [0.05, 0.1) is 0 Å². The first-order valence-corrected chi connectivity index (χ1v) is 6.74. The quantitative estimate of drug-likeness (QED) is 0.622. The van der Waals surface area contributed by atoms with Gasteiger partial charge in [-0.05, 0) is 36.7 Å². The summed E-state index contributed by atoms with van der Waals surface area (Å²) in [6, 6.07) is 0. The van der Waals surface area contributed by atoms with Crippen LogP contribution in [0.4, 0.5) is 0 Å². The smallest absolute Gasteiger partial charge is 0.144 e. The van der Waals surface area contributed by atoms with Crippen LogP contribution in [0.25, 0.3) is 0 Å². The fourth-order valence-corrected chi connectivity index (χ4v) is 2.28. The number of rotatable bonds is 2. The first-order valence-electron chi connectivity index (χ1n) is 3.96. The standard InChI is InChI=1S/C8H11BrN2OS2/c1-8(2,3)14(12)10-4-7-11-6(9)5-13-7/h4-5H,1-3H3/t14-/m0/s1. The van der Waals surface area contributed by atoms with Crippen molar-refractivity contribution < 1.29 is 4.55 Å². The minimum Gasteiger partial charge on any atom is -0.591 e. The lowest BCUT2D eigenvalue weighted by Gasteiger charge is -2.17. The van der Waals surface area contributed by atoms with Crippen LogP contribution in [0, 0.1) is 0 Å². The lowest BCUT2D eigenvalue weighted by Crippen LogP contribution is -2.25. The number of halogens is 1. The molecule has 0 aliphatic rings. The van der Waals surface area contributed by atoms with E-state index in [0.717, 1.165) is 9.61 Å². The highest BCUT2D eigenvalue weighted by Gasteiger charge is 2.25. The maximum absolute atomic E-state index is 11.5. The molecule has 0 fully saturated rings. The van der Waals surface area contributed by atoms with Crippen molar-refractivity contribution in [3.63, 3.8) is 0 Å². The Morgan fingerprint density at radius 1 is 1.64 bits per heavy atom. The van der Waals surface area contributed by atoms with Gasteiger partial charge < -0.3 is 4.55 Å². The van der Waals surface area contributed by atoms with Gasteiger partial charge in [0.2, 0.25) is 0 Å². The number of thiazole rings is 1. The first-order chi connectivity index (χ1) is 6.39. The molecule has 0 unspecified atom stereocenters. The molecule has 3 nitrogen and oxygen atoms in total. The lowest BCUT2D eigenvalue weighted by molar-refractivity contribution is 0.562. The van der Waals surface area contributed by atoms with Gasteiger partial charge in [0.25, 0.3) is 0 Å². The fourth-order valence-electron chi connectivity index (χ4n) is 0.577. The van der Waals surface area contributed by atoms with Crippen LogP contribution in [-0.4, -0.2) is 20.5 Å². The van der Waals surface area contributed by atoms with Crippen LogP contribution in [0.2, 0.25) is 0 Å². The summed E-state index contributed by atoms with van der Waals surface area (Å²) in [5.41, 5.74) is 0. The van der Waals surface area contributed by atoms with E-state index in [0.29, 0.717) is 0 Å². The Morgan fingerprint density at radius 2 is 2.29 bits per heavy atom. The number of nitrogens with zero attached hydrogens (tertiary/aromatic N) is 2. The van der Waals surface area contributed by atoms with Crippen molar-refractivity contribution in [2.75, 3.05) is 0 Å². The maximum Gasteiger partial charge on any atom is 0.144 e. The molecule has 0 aliphatic carbocycles. The highest BCUT2D eigenvalue weighted by atomic mass is 79.9. The molecule has 1 aromatic rings. The Bertz CT molecular complexity index is 332. The Labute approximate surface area is 99.1 Å². The number of hydrogen-bond donors (Lipinski definition) is 0. The van der Waals surface area contributed by atoms with E-state index < -0.39 is 11.4 Å². The molecule has 1 atom stereocenters. The average molecular weight is 295 g/mol. The molecule has 0 saturated carbocycles. The number of hydrogen-bond acceptors (Lipinski definition) is 4. The van der Waals surface area contributed by atoms with Gasteiger partial charge in [-0.2, -0.15) is 0 Å². The van der Waals surface area contributed by atoms with Crippen LogP contribution in [0.1, 0.15) is 25.8 Å². The predicted molar refractivity (Wildman–Crippen MR) is 65.3 cm³/mol.